The fourth-order valence-corrected chi connectivity index (χ4v) is 2.50. The minimum atomic E-state index is 1.04. The van der Waals surface area contributed by atoms with Gasteiger partial charge in [0.1, 0.15) is 5.82 Å². The minimum absolute atomic E-state index is 1.04. The van der Waals surface area contributed by atoms with Crippen molar-refractivity contribution in [1.29, 1.82) is 0 Å². The predicted octanol–water partition coefficient (Wildman–Crippen LogP) is 4.50. The van der Waals surface area contributed by atoms with Crippen molar-refractivity contribution in [2.75, 3.05) is 5.75 Å². The number of nitrogens with zero attached hydrogens (tertiary/aromatic N) is 2. The maximum atomic E-state index is 4.41. The molecule has 1 aromatic heterocycles. The second-order valence-electron chi connectivity index (χ2n) is 4.99. The molecule has 0 fully saturated rings. The summed E-state index contributed by atoms with van der Waals surface area (Å²) in [6.07, 6.45) is 15.8. The van der Waals surface area contributed by atoms with Crippen LogP contribution in [0.25, 0.3) is 0 Å². The van der Waals surface area contributed by atoms with Gasteiger partial charge in [-0.2, -0.15) is 12.6 Å². The van der Waals surface area contributed by atoms with Crippen LogP contribution in [0.1, 0.15) is 64.1 Å². The van der Waals surface area contributed by atoms with E-state index in [9.17, 15) is 0 Å². The van der Waals surface area contributed by atoms with Gasteiger partial charge in [0.2, 0.25) is 0 Å². The standard InChI is InChI=1S/C15H28N2S/c1-2-10-15-16-11-13-17(15)12-8-6-4-3-5-7-9-14-18/h11,13,18H,2-10,12,14H2,1H3. The van der Waals surface area contributed by atoms with E-state index in [0.29, 0.717) is 0 Å². The predicted molar refractivity (Wildman–Crippen MR) is 82.4 cm³/mol. The third kappa shape index (κ3) is 6.48. The Hall–Kier alpha value is -0.440. The van der Waals surface area contributed by atoms with E-state index >= 15 is 0 Å². The molecule has 104 valence electrons. The van der Waals surface area contributed by atoms with Gasteiger partial charge in [-0.25, -0.2) is 4.98 Å². The zero-order valence-corrected chi connectivity index (χ0v) is 12.7. The van der Waals surface area contributed by atoms with Crippen molar-refractivity contribution in [3.8, 4) is 0 Å². The Bertz CT molecular complexity index is 296. The maximum Gasteiger partial charge on any atom is 0.108 e. The molecule has 0 amide bonds. The molecule has 0 N–H and O–H groups in total. The SMILES string of the molecule is CCCc1nccn1CCCCCCCCCS. The third-order valence-corrected chi connectivity index (χ3v) is 3.65. The molecule has 0 bridgehead atoms. The molecule has 0 saturated carbocycles. The number of rotatable bonds is 11. The average molecular weight is 268 g/mol. The lowest BCUT2D eigenvalue weighted by Crippen LogP contribution is -2.03. The third-order valence-electron chi connectivity index (χ3n) is 3.33. The molecule has 1 heterocycles. The lowest BCUT2D eigenvalue weighted by atomic mass is 10.1. The highest BCUT2D eigenvalue weighted by molar-refractivity contribution is 7.80. The van der Waals surface area contributed by atoms with Crippen LogP contribution in [0.2, 0.25) is 0 Å². The highest BCUT2D eigenvalue weighted by atomic mass is 32.1. The molecule has 18 heavy (non-hydrogen) atoms. The van der Waals surface area contributed by atoms with Crippen molar-refractivity contribution in [2.24, 2.45) is 0 Å². The van der Waals surface area contributed by atoms with E-state index in [4.69, 9.17) is 0 Å². The Morgan fingerprint density at radius 2 is 1.72 bits per heavy atom. The largest absolute Gasteiger partial charge is 0.335 e. The molecule has 1 aromatic rings. The van der Waals surface area contributed by atoms with Gasteiger partial charge in [0.25, 0.3) is 0 Å². The molecule has 3 heteroatoms. The lowest BCUT2D eigenvalue weighted by Gasteiger charge is -2.07. The zero-order valence-electron chi connectivity index (χ0n) is 11.8. The van der Waals surface area contributed by atoms with E-state index in [1.165, 1.54) is 57.2 Å². The fraction of sp³-hybridized carbons (Fsp3) is 0.800. The van der Waals surface area contributed by atoms with Gasteiger partial charge in [0, 0.05) is 25.4 Å². The summed E-state index contributed by atoms with van der Waals surface area (Å²) in [5.74, 6) is 2.30. The van der Waals surface area contributed by atoms with Crippen molar-refractivity contribution < 1.29 is 0 Å². The summed E-state index contributed by atoms with van der Waals surface area (Å²) in [5, 5.41) is 0. The van der Waals surface area contributed by atoms with Crippen molar-refractivity contribution in [3.05, 3.63) is 18.2 Å². The first-order chi connectivity index (χ1) is 8.88. The first-order valence-electron chi connectivity index (χ1n) is 7.49. The van der Waals surface area contributed by atoms with Gasteiger partial charge in [-0.05, 0) is 25.0 Å². The van der Waals surface area contributed by atoms with E-state index in [1.54, 1.807) is 0 Å². The van der Waals surface area contributed by atoms with Gasteiger partial charge in [0.05, 0.1) is 0 Å². The Morgan fingerprint density at radius 3 is 2.39 bits per heavy atom. The van der Waals surface area contributed by atoms with E-state index < -0.39 is 0 Å². The number of aromatic nitrogens is 2. The summed E-state index contributed by atoms with van der Waals surface area (Å²) in [5.41, 5.74) is 0. The van der Waals surface area contributed by atoms with E-state index in [0.717, 1.165) is 18.7 Å². The average Bonchev–Trinajstić information content (AvgIpc) is 2.81. The van der Waals surface area contributed by atoms with Gasteiger partial charge in [-0.3, -0.25) is 0 Å². The smallest absolute Gasteiger partial charge is 0.108 e. The van der Waals surface area contributed by atoms with Gasteiger partial charge in [-0.15, -0.1) is 0 Å². The first kappa shape index (κ1) is 15.6. The summed E-state index contributed by atoms with van der Waals surface area (Å²) < 4.78 is 2.32. The van der Waals surface area contributed by atoms with Crippen LogP contribution in [-0.2, 0) is 13.0 Å². The fourth-order valence-electron chi connectivity index (χ4n) is 2.27. The van der Waals surface area contributed by atoms with Crippen molar-refractivity contribution >= 4 is 12.6 Å². The second kappa shape index (κ2) is 10.5. The highest BCUT2D eigenvalue weighted by Gasteiger charge is 2.00. The molecule has 0 aromatic carbocycles. The number of unbranched alkanes of at least 4 members (excludes halogenated alkanes) is 6. The Balaban J connectivity index is 2.01. The molecule has 2 nitrogen and oxygen atoms in total. The monoisotopic (exact) mass is 268 g/mol. The number of imidazole rings is 1. The van der Waals surface area contributed by atoms with Crippen LogP contribution in [0.4, 0.5) is 0 Å². The summed E-state index contributed by atoms with van der Waals surface area (Å²) in [7, 11) is 0. The van der Waals surface area contributed by atoms with Gasteiger partial charge < -0.3 is 4.57 Å². The van der Waals surface area contributed by atoms with Gasteiger partial charge in [0.15, 0.2) is 0 Å². The minimum Gasteiger partial charge on any atom is -0.335 e. The Kier molecular flexibility index (Phi) is 9.09. The molecular formula is C15H28N2S. The van der Waals surface area contributed by atoms with Crippen LogP contribution in [0.15, 0.2) is 12.4 Å². The first-order valence-corrected chi connectivity index (χ1v) is 8.12. The van der Waals surface area contributed by atoms with Gasteiger partial charge in [-0.1, -0.05) is 39.0 Å². The molecule has 0 saturated heterocycles. The van der Waals surface area contributed by atoms with Crippen molar-refractivity contribution in [3.63, 3.8) is 0 Å². The summed E-state index contributed by atoms with van der Waals surface area (Å²) in [4.78, 5) is 4.41. The van der Waals surface area contributed by atoms with Crippen LogP contribution in [-0.4, -0.2) is 15.3 Å². The molecule has 0 spiro atoms. The number of thiol groups is 1. The maximum absolute atomic E-state index is 4.41. The molecule has 0 aliphatic carbocycles. The molecule has 1 rings (SSSR count). The number of hydrogen-bond donors (Lipinski definition) is 1. The number of hydrogen-bond acceptors (Lipinski definition) is 2. The van der Waals surface area contributed by atoms with Gasteiger partial charge >= 0.3 is 0 Å². The highest BCUT2D eigenvalue weighted by Crippen LogP contribution is 2.09. The molecule has 0 aliphatic rings. The topological polar surface area (TPSA) is 17.8 Å². The molecule has 0 aliphatic heterocycles. The molecule has 0 unspecified atom stereocenters. The second-order valence-corrected chi connectivity index (χ2v) is 5.43. The van der Waals surface area contributed by atoms with Crippen LogP contribution in [0, 0.1) is 0 Å². The summed E-state index contributed by atoms with van der Waals surface area (Å²) >= 11 is 4.23. The van der Waals surface area contributed by atoms with Crippen LogP contribution < -0.4 is 0 Å². The Labute approximate surface area is 118 Å². The molecule has 0 atom stereocenters. The summed E-state index contributed by atoms with van der Waals surface area (Å²) in [6.45, 7) is 3.36. The summed E-state index contributed by atoms with van der Waals surface area (Å²) in [6, 6.07) is 0. The zero-order chi connectivity index (χ0) is 13.1. The molecule has 0 radical (unpaired) electrons. The van der Waals surface area contributed by atoms with Crippen LogP contribution in [0.3, 0.4) is 0 Å². The van der Waals surface area contributed by atoms with Crippen molar-refractivity contribution in [2.45, 2.75) is 71.3 Å². The van der Waals surface area contributed by atoms with Crippen LogP contribution in [0.5, 0.6) is 0 Å². The van der Waals surface area contributed by atoms with Crippen molar-refractivity contribution in [1.82, 2.24) is 9.55 Å². The van der Waals surface area contributed by atoms with E-state index in [-0.39, 0.29) is 0 Å². The van der Waals surface area contributed by atoms with E-state index in [1.807, 2.05) is 6.20 Å². The Morgan fingerprint density at radius 1 is 1.06 bits per heavy atom. The van der Waals surface area contributed by atoms with E-state index in [2.05, 4.69) is 35.3 Å². The molecular weight excluding hydrogens is 240 g/mol. The van der Waals surface area contributed by atoms with Crippen LogP contribution >= 0.6 is 12.6 Å². The normalized spacial score (nSPS) is 11.0. The quantitative estimate of drug-likeness (QED) is 0.462. The lowest BCUT2D eigenvalue weighted by molar-refractivity contribution is 0.539. The number of aryl methyl sites for hydroxylation is 2.